The van der Waals surface area contributed by atoms with Crippen molar-refractivity contribution in [2.75, 3.05) is 6.61 Å². The number of ether oxygens (including phenoxy) is 1. The van der Waals surface area contributed by atoms with Gasteiger partial charge in [0.05, 0.1) is 11.6 Å². The zero-order valence-corrected chi connectivity index (χ0v) is 15.2. The van der Waals surface area contributed by atoms with Crippen molar-refractivity contribution in [2.24, 2.45) is 0 Å². The minimum absolute atomic E-state index is 0.150. The van der Waals surface area contributed by atoms with E-state index in [0.717, 1.165) is 16.7 Å². The summed E-state index contributed by atoms with van der Waals surface area (Å²) in [5.41, 5.74) is 3.10. The van der Waals surface area contributed by atoms with Gasteiger partial charge in [-0.15, -0.1) is 0 Å². The highest BCUT2D eigenvalue weighted by Crippen LogP contribution is 2.12. The number of Topliss-reactive ketones (excluding diaryl/α,β-unsaturated/α-hetero) is 1. The van der Waals surface area contributed by atoms with Crippen molar-refractivity contribution in [1.82, 2.24) is 5.32 Å². The van der Waals surface area contributed by atoms with E-state index in [9.17, 15) is 14.4 Å². The molecular weight excluding hydrogens is 330 g/mol. The first-order chi connectivity index (χ1) is 12.4. The van der Waals surface area contributed by atoms with E-state index in [0.29, 0.717) is 12.0 Å². The normalized spacial score (nSPS) is 11.5. The van der Waals surface area contributed by atoms with E-state index >= 15 is 0 Å². The van der Waals surface area contributed by atoms with Gasteiger partial charge in [-0.2, -0.15) is 0 Å². The molecular formula is C21H23NO4. The fourth-order valence-corrected chi connectivity index (χ4v) is 2.55. The Morgan fingerprint density at radius 3 is 2.38 bits per heavy atom. The van der Waals surface area contributed by atoms with Gasteiger partial charge in [0.2, 0.25) is 0 Å². The number of aryl methyl sites for hydroxylation is 2. The van der Waals surface area contributed by atoms with E-state index in [1.165, 1.54) is 6.92 Å². The van der Waals surface area contributed by atoms with Gasteiger partial charge in [0.15, 0.2) is 12.4 Å². The number of benzene rings is 2. The van der Waals surface area contributed by atoms with Crippen LogP contribution in [0.25, 0.3) is 0 Å². The number of carbonyl (C=O) groups is 3. The molecule has 1 N–H and O–H groups in total. The topological polar surface area (TPSA) is 72.5 Å². The third-order valence-electron chi connectivity index (χ3n) is 4.06. The van der Waals surface area contributed by atoms with E-state index in [4.69, 9.17) is 4.74 Å². The zero-order chi connectivity index (χ0) is 19.1. The SMILES string of the molecule is CC(=O)[C@H](Cc1ccccc1)NC(=O)COC(=O)c1cc(C)ccc1C. The summed E-state index contributed by atoms with van der Waals surface area (Å²) >= 11 is 0. The van der Waals surface area contributed by atoms with Gasteiger partial charge in [-0.25, -0.2) is 4.79 Å². The maximum atomic E-state index is 12.2. The molecule has 0 unspecified atom stereocenters. The second kappa shape index (κ2) is 8.94. The largest absolute Gasteiger partial charge is 0.452 e. The van der Waals surface area contributed by atoms with Crippen LogP contribution in [0.5, 0.6) is 0 Å². The fraction of sp³-hybridized carbons (Fsp3) is 0.286. The van der Waals surface area contributed by atoms with Crippen molar-refractivity contribution in [3.8, 4) is 0 Å². The Morgan fingerprint density at radius 1 is 1.04 bits per heavy atom. The summed E-state index contributed by atoms with van der Waals surface area (Å²) in [7, 11) is 0. The molecule has 26 heavy (non-hydrogen) atoms. The number of ketones is 1. The molecule has 0 bridgehead atoms. The van der Waals surface area contributed by atoms with Gasteiger partial charge in [-0.1, -0.05) is 48.0 Å². The van der Waals surface area contributed by atoms with E-state index in [1.54, 1.807) is 6.07 Å². The number of hydrogen-bond donors (Lipinski definition) is 1. The van der Waals surface area contributed by atoms with Gasteiger partial charge in [0.1, 0.15) is 0 Å². The van der Waals surface area contributed by atoms with Gasteiger partial charge in [0, 0.05) is 0 Å². The van der Waals surface area contributed by atoms with Crippen LogP contribution in [0.2, 0.25) is 0 Å². The highest BCUT2D eigenvalue weighted by atomic mass is 16.5. The average Bonchev–Trinajstić information content (AvgIpc) is 2.62. The van der Waals surface area contributed by atoms with Crippen molar-refractivity contribution in [1.29, 1.82) is 0 Å². The maximum Gasteiger partial charge on any atom is 0.338 e. The highest BCUT2D eigenvalue weighted by molar-refractivity contribution is 5.93. The average molecular weight is 353 g/mol. The Labute approximate surface area is 153 Å². The van der Waals surface area contributed by atoms with Crippen LogP contribution in [-0.4, -0.2) is 30.3 Å². The first-order valence-electron chi connectivity index (χ1n) is 8.45. The summed E-state index contributed by atoms with van der Waals surface area (Å²) in [5.74, 6) is -1.20. The molecule has 136 valence electrons. The molecule has 0 aliphatic rings. The smallest absolute Gasteiger partial charge is 0.338 e. The van der Waals surface area contributed by atoms with Crippen LogP contribution in [0.3, 0.4) is 0 Å². The first kappa shape index (κ1) is 19.4. The van der Waals surface area contributed by atoms with Crippen LogP contribution in [0.1, 0.15) is 34.0 Å². The molecule has 0 heterocycles. The quantitative estimate of drug-likeness (QED) is 0.777. The molecule has 1 amide bonds. The Balaban J connectivity index is 1.92. The minimum Gasteiger partial charge on any atom is -0.452 e. The second-order valence-electron chi connectivity index (χ2n) is 6.31. The van der Waals surface area contributed by atoms with Crippen LogP contribution < -0.4 is 5.32 Å². The number of nitrogens with one attached hydrogen (secondary N) is 1. The third-order valence-corrected chi connectivity index (χ3v) is 4.06. The summed E-state index contributed by atoms with van der Waals surface area (Å²) in [6, 6.07) is 14.2. The molecule has 0 aliphatic carbocycles. The lowest BCUT2D eigenvalue weighted by Gasteiger charge is -2.16. The first-order valence-corrected chi connectivity index (χ1v) is 8.45. The van der Waals surface area contributed by atoms with E-state index in [2.05, 4.69) is 5.32 Å². The number of amides is 1. The number of hydrogen-bond acceptors (Lipinski definition) is 4. The monoisotopic (exact) mass is 353 g/mol. The Bertz CT molecular complexity index is 799. The molecule has 0 saturated carbocycles. The zero-order valence-electron chi connectivity index (χ0n) is 15.2. The predicted molar refractivity (Wildman–Crippen MR) is 99.0 cm³/mol. The molecule has 1 atom stereocenters. The molecule has 0 spiro atoms. The molecule has 0 aromatic heterocycles. The van der Waals surface area contributed by atoms with Crippen molar-refractivity contribution < 1.29 is 19.1 Å². The Hall–Kier alpha value is -2.95. The molecule has 0 aliphatic heterocycles. The van der Waals surface area contributed by atoms with E-state index in [-0.39, 0.29) is 5.78 Å². The number of rotatable bonds is 7. The lowest BCUT2D eigenvalue weighted by molar-refractivity contribution is -0.128. The number of esters is 1. The van der Waals surface area contributed by atoms with Crippen LogP contribution in [-0.2, 0) is 20.7 Å². The number of carbonyl (C=O) groups excluding carboxylic acids is 3. The summed E-state index contributed by atoms with van der Waals surface area (Å²) in [6.45, 7) is 4.69. The van der Waals surface area contributed by atoms with Crippen molar-refractivity contribution in [3.05, 3.63) is 70.8 Å². The van der Waals surface area contributed by atoms with E-state index < -0.39 is 24.5 Å². The lowest BCUT2D eigenvalue weighted by Crippen LogP contribution is -2.43. The van der Waals surface area contributed by atoms with Crippen LogP contribution in [0.4, 0.5) is 0 Å². The van der Waals surface area contributed by atoms with E-state index in [1.807, 2.05) is 56.3 Å². The van der Waals surface area contributed by atoms with Gasteiger partial charge in [-0.3, -0.25) is 9.59 Å². The minimum atomic E-state index is -0.649. The fourth-order valence-electron chi connectivity index (χ4n) is 2.55. The van der Waals surface area contributed by atoms with Gasteiger partial charge in [-0.05, 0) is 44.4 Å². The van der Waals surface area contributed by atoms with Crippen LogP contribution in [0, 0.1) is 13.8 Å². The summed E-state index contributed by atoms with van der Waals surface area (Å²) in [6.07, 6.45) is 0.396. The molecule has 2 rings (SSSR count). The second-order valence-corrected chi connectivity index (χ2v) is 6.31. The van der Waals surface area contributed by atoms with Crippen molar-refractivity contribution >= 4 is 17.7 Å². The molecule has 2 aromatic carbocycles. The van der Waals surface area contributed by atoms with Gasteiger partial charge >= 0.3 is 5.97 Å². The lowest BCUT2D eigenvalue weighted by atomic mass is 10.0. The third kappa shape index (κ3) is 5.55. The standard InChI is InChI=1S/C21H23NO4/c1-14-9-10-15(2)18(11-14)21(25)26-13-20(24)22-19(16(3)23)12-17-7-5-4-6-8-17/h4-11,19H,12-13H2,1-3H3,(H,22,24)/t19-/m0/s1. The Morgan fingerprint density at radius 2 is 1.73 bits per heavy atom. The maximum absolute atomic E-state index is 12.2. The van der Waals surface area contributed by atoms with Crippen molar-refractivity contribution in [2.45, 2.75) is 33.2 Å². The Kier molecular flexibility index (Phi) is 6.67. The summed E-state index contributed by atoms with van der Waals surface area (Å²) < 4.78 is 5.09. The molecule has 5 nitrogen and oxygen atoms in total. The summed E-state index contributed by atoms with van der Waals surface area (Å²) in [4.78, 5) is 36.1. The molecule has 0 fully saturated rings. The van der Waals surface area contributed by atoms with Crippen molar-refractivity contribution in [3.63, 3.8) is 0 Å². The predicted octanol–water partition coefficient (Wildman–Crippen LogP) is 2.78. The molecule has 0 radical (unpaired) electrons. The highest BCUT2D eigenvalue weighted by Gasteiger charge is 2.19. The van der Waals surface area contributed by atoms with Crippen LogP contribution in [0.15, 0.2) is 48.5 Å². The van der Waals surface area contributed by atoms with Gasteiger partial charge < -0.3 is 10.1 Å². The molecule has 0 saturated heterocycles. The molecule has 5 heteroatoms. The molecule has 2 aromatic rings. The van der Waals surface area contributed by atoms with Gasteiger partial charge in [0.25, 0.3) is 5.91 Å². The summed E-state index contributed by atoms with van der Waals surface area (Å²) in [5, 5.41) is 2.63. The van der Waals surface area contributed by atoms with Crippen LogP contribution >= 0.6 is 0 Å².